The Kier molecular flexibility index (Phi) is 3.73. The Balaban J connectivity index is 1.72. The van der Waals surface area contributed by atoms with Gasteiger partial charge in [0.1, 0.15) is 11.5 Å². The zero-order valence-electron chi connectivity index (χ0n) is 17.6. The normalized spacial score (nSPS) is 33.4. The summed E-state index contributed by atoms with van der Waals surface area (Å²) in [5, 5.41) is 22.2. The summed E-state index contributed by atoms with van der Waals surface area (Å²) in [5.74, 6) is 2.42. The number of rotatable bonds is 2. The fraction of sp³-hybridized carbons (Fsp3) is 0.538. The van der Waals surface area contributed by atoms with Gasteiger partial charge in [0.15, 0.2) is 0 Å². The lowest BCUT2D eigenvalue weighted by Gasteiger charge is -2.63. The lowest BCUT2D eigenvalue weighted by atomic mass is 9.41. The van der Waals surface area contributed by atoms with Crippen molar-refractivity contribution in [3.05, 3.63) is 57.6 Å². The van der Waals surface area contributed by atoms with Crippen molar-refractivity contribution in [3.8, 4) is 11.5 Å². The zero-order valence-corrected chi connectivity index (χ0v) is 17.6. The monoisotopic (exact) mass is 376 g/mol. The molecule has 2 N–H and O–H groups in total. The van der Waals surface area contributed by atoms with E-state index in [1.54, 1.807) is 0 Å². The van der Waals surface area contributed by atoms with E-state index in [1.807, 2.05) is 26.0 Å². The molecule has 4 aliphatic rings. The molecule has 2 aromatic carbocycles. The second kappa shape index (κ2) is 5.78. The third kappa shape index (κ3) is 2.33. The molecule has 0 aromatic heterocycles. The molecule has 148 valence electrons. The first-order chi connectivity index (χ1) is 13.2. The van der Waals surface area contributed by atoms with E-state index < -0.39 is 0 Å². The first kappa shape index (κ1) is 18.1. The molecule has 0 saturated heterocycles. The highest BCUT2D eigenvalue weighted by Gasteiger charge is 2.60. The number of benzene rings is 2. The Hall–Kier alpha value is -1.96. The van der Waals surface area contributed by atoms with Crippen LogP contribution < -0.4 is 0 Å². The van der Waals surface area contributed by atoms with Crippen molar-refractivity contribution >= 4 is 0 Å². The summed E-state index contributed by atoms with van der Waals surface area (Å²) in [6.45, 7) is 8.36. The van der Waals surface area contributed by atoms with E-state index in [2.05, 4.69) is 26.0 Å². The average molecular weight is 377 g/mol. The summed E-state index contributed by atoms with van der Waals surface area (Å²) in [6, 6.07) is 8.46. The van der Waals surface area contributed by atoms with Crippen molar-refractivity contribution in [2.45, 2.75) is 77.0 Å². The number of aryl methyl sites for hydroxylation is 4. The SMILES string of the molecule is Cc1ccc(C)c(C23CC4CC(C2)CC(c2c(C)ccc(C)c2O)(C4)C3)c1O. The van der Waals surface area contributed by atoms with E-state index in [4.69, 9.17) is 0 Å². The van der Waals surface area contributed by atoms with Crippen LogP contribution in [0.4, 0.5) is 0 Å². The van der Waals surface area contributed by atoms with Crippen molar-refractivity contribution in [2.24, 2.45) is 11.8 Å². The lowest BCUT2D eigenvalue weighted by molar-refractivity contribution is -0.0302. The molecule has 4 bridgehead atoms. The molecule has 0 atom stereocenters. The van der Waals surface area contributed by atoms with Gasteiger partial charge in [-0.05, 0) is 100 Å². The summed E-state index contributed by atoms with van der Waals surface area (Å²) >= 11 is 0. The van der Waals surface area contributed by atoms with Gasteiger partial charge in [0, 0.05) is 22.0 Å². The maximum Gasteiger partial charge on any atom is 0.122 e. The minimum Gasteiger partial charge on any atom is -0.507 e. The summed E-state index contributed by atoms with van der Waals surface area (Å²) in [7, 11) is 0. The first-order valence-electron chi connectivity index (χ1n) is 10.8. The van der Waals surface area contributed by atoms with E-state index in [-0.39, 0.29) is 10.8 Å². The van der Waals surface area contributed by atoms with E-state index >= 15 is 0 Å². The molecular formula is C26H32O2. The van der Waals surface area contributed by atoms with Gasteiger partial charge in [-0.15, -0.1) is 0 Å². The summed E-state index contributed by atoms with van der Waals surface area (Å²) in [5.41, 5.74) is 6.93. The van der Waals surface area contributed by atoms with Crippen LogP contribution in [0.2, 0.25) is 0 Å². The van der Waals surface area contributed by atoms with E-state index in [0.29, 0.717) is 23.3 Å². The van der Waals surface area contributed by atoms with Crippen LogP contribution in [-0.2, 0) is 10.8 Å². The third-order valence-corrected chi connectivity index (χ3v) is 8.30. The molecule has 6 rings (SSSR count). The van der Waals surface area contributed by atoms with E-state index in [0.717, 1.165) is 17.5 Å². The number of phenolic OH excluding ortho intramolecular Hbond substituents is 2. The van der Waals surface area contributed by atoms with Crippen LogP contribution in [0.25, 0.3) is 0 Å². The molecule has 4 saturated carbocycles. The molecule has 0 heterocycles. The lowest BCUT2D eigenvalue weighted by Crippen LogP contribution is -2.56. The van der Waals surface area contributed by atoms with Crippen LogP contribution in [0.3, 0.4) is 0 Å². The van der Waals surface area contributed by atoms with Gasteiger partial charge in [-0.2, -0.15) is 0 Å². The smallest absolute Gasteiger partial charge is 0.122 e. The van der Waals surface area contributed by atoms with Crippen LogP contribution in [0.5, 0.6) is 11.5 Å². The Morgan fingerprint density at radius 2 is 1.00 bits per heavy atom. The summed E-state index contributed by atoms with van der Waals surface area (Å²) in [6.07, 6.45) is 7.14. The van der Waals surface area contributed by atoms with Gasteiger partial charge in [0.2, 0.25) is 0 Å². The molecule has 0 spiro atoms. The van der Waals surface area contributed by atoms with Crippen LogP contribution in [0, 0.1) is 39.5 Å². The molecule has 28 heavy (non-hydrogen) atoms. The highest BCUT2D eigenvalue weighted by Crippen LogP contribution is 2.68. The molecule has 4 fully saturated rings. The molecular weight excluding hydrogens is 344 g/mol. The fourth-order valence-electron chi connectivity index (χ4n) is 7.78. The second-order valence-corrected chi connectivity index (χ2v) is 10.4. The van der Waals surface area contributed by atoms with Crippen LogP contribution >= 0.6 is 0 Å². The molecule has 2 heteroatoms. The van der Waals surface area contributed by atoms with Crippen molar-refractivity contribution in [1.82, 2.24) is 0 Å². The van der Waals surface area contributed by atoms with Gasteiger partial charge in [-0.3, -0.25) is 0 Å². The van der Waals surface area contributed by atoms with Gasteiger partial charge >= 0.3 is 0 Å². The first-order valence-corrected chi connectivity index (χ1v) is 10.8. The Bertz CT molecular complexity index is 881. The van der Waals surface area contributed by atoms with Crippen molar-refractivity contribution in [2.75, 3.05) is 0 Å². The van der Waals surface area contributed by atoms with Crippen LogP contribution in [-0.4, -0.2) is 10.2 Å². The number of hydrogen-bond acceptors (Lipinski definition) is 2. The van der Waals surface area contributed by atoms with Gasteiger partial charge in [0.05, 0.1) is 0 Å². The molecule has 2 aromatic rings. The van der Waals surface area contributed by atoms with Gasteiger partial charge in [0.25, 0.3) is 0 Å². The zero-order chi connectivity index (χ0) is 19.8. The van der Waals surface area contributed by atoms with Gasteiger partial charge in [-0.1, -0.05) is 24.3 Å². The predicted octanol–water partition coefficient (Wildman–Crippen LogP) is 6.12. The standard InChI is InChI=1S/C26H32O2/c1-15-5-7-17(3)23(27)21(15)25-10-19-9-20(11-25)13-26(12-19,14-25)22-16(2)6-8-18(4)24(22)28/h5-8,19-20,27-28H,9-14H2,1-4H3. The van der Waals surface area contributed by atoms with Crippen molar-refractivity contribution in [1.29, 1.82) is 0 Å². The van der Waals surface area contributed by atoms with E-state index in [9.17, 15) is 10.2 Å². The molecule has 4 aliphatic carbocycles. The van der Waals surface area contributed by atoms with Crippen molar-refractivity contribution in [3.63, 3.8) is 0 Å². The molecule has 2 nitrogen and oxygen atoms in total. The maximum atomic E-state index is 11.1. The van der Waals surface area contributed by atoms with Crippen LogP contribution in [0.1, 0.15) is 71.9 Å². The molecule has 0 amide bonds. The van der Waals surface area contributed by atoms with Gasteiger partial charge in [-0.25, -0.2) is 0 Å². The largest absolute Gasteiger partial charge is 0.507 e. The Morgan fingerprint density at radius 1 is 0.643 bits per heavy atom. The Morgan fingerprint density at radius 3 is 1.39 bits per heavy atom. The maximum absolute atomic E-state index is 11.1. The average Bonchev–Trinajstić information content (AvgIpc) is 2.60. The van der Waals surface area contributed by atoms with Crippen LogP contribution in [0.15, 0.2) is 24.3 Å². The predicted molar refractivity (Wildman–Crippen MR) is 113 cm³/mol. The molecule has 0 radical (unpaired) electrons. The summed E-state index contributed by atoms with van der Waals surface area (Å²) < 4.78 is 0. The molecule has 0 aliphatic heterocycles. The fourth-order valence-corrected chi connectivity index (χ4v) is 7.78. The number of aromatic hydroxyl groups is 2. The Labute approximate surface area is 168 Å². The number of phenols is 2. The highest BCUT2D eigenvalue weighted by atomic mass is 16.3. The third-order valence-electron chi connectivity index (χ3n) is 8.30. The highest BCUT2D eigenvalue weighted by molar-refractivity contribution is 5.54. The van der Waals surface area contributed by atoms with Crippen molar-refractivity contribution < 1.29 is 10.2 Å². The van der Waals surface area contributed by atoms with Gasteiger partial charge < -0.3 is 10.2 Å². The number of hydrogen-bond donors (Lipinski definition) is 2. The minimum absolute atomic E-state index is 0.0485. The quantitative estimate of drug-likeness (QED) is 0.663. The molecule has 0 unspecified atom stereocenters. The minimum atomic E-state index is 0.0485. The summed E-state index contributed by atoms with van der Waals surface area (Å²) in [4.78, 5) is 0. The second-order valence-electron chi connectivity index (χ2n) is 10.4. The van der Waals surface area contributed by atoms with E-state index in [1.165, 1.54) is 54.4 Å². The topological polar surface area (TPSA) is 40.5 Å².